The molecule has 0 aliphatic carbocycles. The molecule has 226 valence electrons. The minimum Gasteiger partial charge on any atom is -0.382 e. The zero-order chi connectivity index (χ0) is 32.0. The number of benzene rings is 7. The highest BCUT2D eigenvalue weighted by atomic mass is 15.2. The van der Waals surface area contributed by atoms with Crippen molar-refractivity contribution in [1.82, 2.24) is 8.96 Å². The van der Waals surface area contributed by atoms with Crippen molar-refractivity contribution in [3.8, 4) is 22.3 Å². The summed E-state index contributed by atoms with van der Waals surface area (Å²) in [7, 11) is 0. The lowest BCUT2D eigenvalue weighted by atomic mass is 9.38. The highest BCUT2D eigenvalue weighted by Crippen LogP contribution is 2.54. The third kappa shape index (κ3) is 2.50. The molecule has 5 aliphatic heterocycles. The summed E-state index contributed by atoms with van der Waals surface area (Å²) in [5, 5.41) is 4.03. The van der Waals surface area contributed by atoms with E-state index in [1.54, 1.807) is 0 Å². The van der Waals surface area contributed by atoms with Gasteiger partial charge in [0.1, 0.15) is 0 Å². The molecule has 6 heteroatoms. The molecule has 9 aromatic rings. The Kier molecular flexibility index (Phi) is 3.99. The van der Waals surface area contributed by atoms with Gasteiger partial charge in [0.2, 0.25) is 0 Å². The number of nitrogens with zero attached hydrogens (tertiary/aromatic N) is 4. The van der Waals surface area contributed by atoms with E-state index in [1.165, 1.54) is 111 Å². The number of fused-ring (bicyclic) bond motifs is 5. The fourth-order valence-corrected chi connectivity index (χ4v) is 10.7. The minimum atomic E-state index is 0.0702. The van der Waals surface area contributed by atoms with Gasteiger partial charge in [0, 0.05) is 72.6 Å². The molecule has 7 aromatic carbocycles. The lowest BCUT2D eigenvalue weighted by molar-refractivity contribution is 1.20. The van der Waals surface area contributed by atoms with Crippen molar-refractivity contribution in [2.75, 3.05) is 9.80 Å². The zero-order valence-corrected chi connectivity index (χ0v) is 26.8. The maximum absolute atomic E-state index is 2.74. The van der Waals surface area contributed by atoms with Crippen molar-refractivity contribution in [3.63, 3.8) is 0 Å². The first kappa shape index (κ1) is 24.7. The molecule has 0 fully saturated rings. The van der Waals surface area contributed by atoms with E-state index in [0.717, 1.165) is 0 Å². The number of hydrogen-bond acceptors (Lipinski definition) is 2. The zero-order valence-electron chi connectivity index (χ0n) is 26.8. The van der Waals surface area contributed by atoms with E-state index in [1.807, 2.05) is 0 Å². The van der Waals surface area contributed by atoms with Crippen LogP contribution < -0.4 is 31.7 Å². The van der Waals surface area contributed by atoms with Crippen LogP contribution in [0.25, 0.3) is 55.0 Å². The van der Waals surface area contributed by atoms with Crippen LogP contribution in [-0.4, -0.2) is 22.7 Å². The van der Waals surface area contributed by atoms with Crippen LogP contribution in [-0.2, 0) is 0 Å². The molecular weight excluding hydrogens is 606 g/mol. The fraction of sp³-hybridized carbons (Fsp3) is 0. The maximum atomic E-state index is 2.74. The Hall–Kier alpha value is -6.39. The monoisotopic (exact) mass is 630 g/mol. The van der Waals surface area contributed by atoms with Crippen LogP contribution in [0.4, 0.5) is 34.1 Å². The van der Waals surface area contributed by atoms with Crippen LogP contribution in [0, 0.1) is 0 Å². The molecule has 2 aromatic heterocycles. The van der Waals surface area contributed by atoms with Gasteiger partial charge in [-0.2, -0.15) is 0 Å². The number of aromatic nitrogens is 2. The predicted octanol–water partition coefficient (Wildman–Crippen LogP) is 7.90. The molecule has 0 radical (unpaired) electrons. The SMILES string of the molecule is c1ccc(N2c3ccccc3B3c4c2cc2c5c4-c4c6c(ccn63)cc3c6cccc7c6n(c43)B5c3c-7cccc3N2c2ccccc2)cc1. The molecule has 0 unspecified atom stereocenters. The molecule has 0 amide bonds. The van der Waals surface area contributed by atoms with Gasteiger partial charge in [0.15, 0.2) is 0 Å². The largest absolute Gasteiger partial charge is 0.382 e. The van der Waals surface area contributed by atoms with Crippen molar-refractivity contribution < 1.29 is 0 Å². The van der Waals surface area contributed by atoms with Gasteiger partial charge in [0.05, 0.1) is 0 Å². The first-order valence-electron chi connectivity index (χ1n) is 17.6. The van der Waals surface area contributed by atoms with Gasteiger partial charge in [-0.25, -0.2) is 0 Å². The van der Waals surface area contributed by atoms with E-state index in [9.17, 15) is 0 Å². The Morgan fingerprint density at radius 3 is 1.92 bits per heavy atom. The Morgan fingerprint density at radius 1 is 0.420 bits per heavy atom. The Morgan fingerprint density at radius 2 is 1.10 bits per heavy atom. The van der Waals surface area contributed by atoms with Crippen LogP contribution in [0.3, 0.4) is 0 Å². The Bertz CT molecular complexity index is 3070. The van der Waals surface area contributed by atoms with Crippen molar-refractivity contribution in [2.24, 2.45) is 0 Å². The quantitative estimate of drug-likeness (QED) is 0.181. The van der Waals surface area contributed by atoms with Crippen LogP contribution in [0.2, 0.25) is 0 Å². The van der Waals surface area contributed by atoms with Crippen molar-refractivity contribution >= 4 is 102 Å². The molecule has 0 saturated carbocycles. The summed E-state index contributed by atoms with van der Waals surface area (Å²) < 4.78 is 5.33. The van der Waals surface area contributed by atoms with Gasteiger partial charge in [0.25, 0.3) is 0 Å². The summed E-state index contributed by atoms with van der Waals surface area (Å²) in [6.07, 6.45) is 2.35. The summed E-state index contributed by atoms with van der Waals surface area (Å²) in [4.78, 5) is 5.09. The average molecular weight is 630 g/mol. The second-order valence-corrected chi connectivity index (χ2v) is 14.4. The summed E-state index contributed by atoms with van der Waals surface area (Å²) in [5.74, 6) is 0. The molecular formula is C44H24B2N4. The molecule has 0 saturated heterocycles. The normalized spacial score (nSPS) is 14.6. The summed E-state index contributed by atoms with van der Waals surface area (Å²) >= 11 is 0. The highest BCUT2D eigenvalue weighted by molar-refractivity contribution is 6.95. The van der Waals surface area contributed by atoms with Gasteiger partial charge >= 0.3 is 13.7 Å². The number of anilines is 6. The third-order valence-electron chi connectivity index (χ3n) is 12.4. The second-order valence-electron chi connectivity index (χ2n) is 14.4. The molecule has 50 heavy (non-hydrogen) atoms. The van der Waals surface area contributed by atoms with Crippen LogP contribution in [0.15, 0.2) is 146 Å². The molecule has 0 N–H and O–H groups in total. The van der Waals surface area contributed by atoms with E-state index in [4.69, 9.17) is 0 Å². The molecule has 4 nitrogen and oxygen atoms in total. The first-order chi connectivity index (χ1) is 24.9. The topological polar surface area (TPSA) is 16.3 Å². The predicted molar refractivity (Wildman–Crippen MR) is 210 cm³/mol. The molecule has 0 spiro atoms. The lowest BCUT2D eigenvalue weighted by Gasteiger charge is -2.48. The van der Waals surface area contributed by atoms with E-state index in [0.29, 0.717) is 0 Å². The fourth-order valence-electron chi connectivity index (χ4n) is 10.7. The Labute approximate surface area is 288 Å². The number of para-hydroxylation sites is 4. The average Bonchev–Trinajstić information content (AvgIpc) is 3.76. The van der Waals surface area contributed by atoms with Gasteiger partial charge in [-0.05, 0) is 99.2 Å². The van der Waals surface area contributed by atoms with Gasteiger partial charge in [-0.15, -0.1) is 0 Å². The van der Waals surface area contributed by atoms with E-state index < -0.39 is 0 Å². The summed E-state index contributed by atoms with van der Waals surface area (Å²) in [6.45, 7) is 0.154. The van der Waals surface area contributed by atoms with Crippen molar-refractivity contribution in [2.45, 2.75) is 0 Å². The molecule has 7 heterocycles. The number of hydrogen-bond donors (Lipinski definition) is 0. The van der Waals surface area contributed by atoms with Crippen molar-refractivity contribution in [1.29, 1.82) is 0 Å². The first-order valence-corrected chi connectivity index (χ1v) is 17.6. The highest BCUT2D eigenvalue weighted by Gasteiger charge is 2.52. The van der Waals surface area contributed by atoms with Crippen LogP contribution in [0.1, 0.15) is 0 Å². The number of rotatable bonds is 2. The van der Waals surface area contributed by atoms with Crippen molar-refractivity contribution in [3.05, 3.63) is 146 Å². The molecule has 5 aliphatic rings. The van der Waals surface area contributed by atoms with Gasteiger partial charge < -0.3 is 18.8 Å². The summed E-state index contributed by atoms with van der Waals surface area (Å²) in [5.41, 5.74) is 22.7. The summed E-state index contributed by atoms with van der Waals surface area (Å²) in [6, 6.07) is 52.4. The van der Waals surface area contributed by atoms with E-state index in [-0.39, 0.29) is 13.7 Å². The maximum Gasteiger partial charge on any atom is 0.333 e. The third-order valence-corrected chi connectivity index (χ3v) is 12.4. The van der Waals surface area contributed by atoms with Gasteiger partial charge in [-0.3, -0.25) is 0 Å². The van der Waals surface area contributed by atoms with E-state index >= 15 is 0 Å². The lowest BCUT2D eigenvalue weighted by Crippen LogP contribution is -2.64. The molecule has 0 bridgehead atoms. The van der Waals surface area contributed by atoms with Crippen LogP contribution >= 0.6 is 0 Å². The van der Waals surface area contributed by atoms with E-state index in [2.05, 4.69) is 164 Å². The molecule has 14 rings (SSSR count). The second kappa shape index (κ2) is 8.07. The van der Waals surface area contributed by atoms with Crippen LogP contribution in [0.5, 0.6) is 0 Å². The molecule has 0 atom stereocenters. The minimum absolute atomic E-state index is 0.0702. The standard InChI is InChI=1S/C44H24B2N4/c1-3-11-26(12-4-1)48-33-19-8-7-18-32(33)45-40-35(48)24-36-41-37(40)38-42-25(21-22-47(42)45)23-31-30-17-9-16-29-28-15-10-20-34(49(36)27-13-5-2-6-14-27)39(28)46(41)50(43(29)30)44(31)38/h1-24H. The van der Waals surface area contributed by atoms with Gasteiger partial charge in [-0.1, -0.05) is 84.9 Å². The Balaban J connectivity index is 1.28. The smallest absolute Gasteiger partial charge is 0.333 e.